The maximum atomic E-state index is 13.2. The second-order valence-corrected chi connectivity index (χ2v) is 6.27. The molecule has 3 aromatic rings. The average Bonchev–Trinajstić information content (AvgIpc) is 2.98. The van der Waals surface area contributed by atoms with E-state index in [-0.39, 0.29) is 5.82 Å². The molecule has 0 saturated carbocycles. The largest absolute Gasteiger partial charge is 0.378 e. The predicted molar refractivity (Wildman–Crippen MR) is 89.0 cm³/mol. The molecule has 0 atom stereocenters. The van der Waals surface area contributed by atoms with Crippen LogP contribution in [0.5, 0.6) is 0 Å². The lowest BCUT2D eigenvalue weighted by atomic mass is 10.2. The zero-order chi connectivity index (χ0) is 14.7. The number of rotatable bonds is 4. The van der Waals surface area contributed by atoms with Crippen LogP contribution < -0.4 is 5.32 Å². The molecule has 1 aromatic heterocycles. The highest BCUT2D eigenvalue weighted by Crippen LogP contribution is 2.23. The summed E-state index contributed by atoms with van der Waals surface area (Å²) in [6, 6.07) is 15.0. The monoisotopic (exact) mass is 362 g/mol. The molecular weight excluding hydrogens is 351 g/mol. The zero-order valence-corrected chi connectivity index (χ0v) is 13.4. The van der Waals surface area contributed by atoms with Gasteiger partial charge < -0.3 is 5.32 Å². The van der Waals surface area contributed by atoms with Gasteiger partial charge in [-0.05, 0) is 34.1 Å². The fourth-order valence-electron chi connectivity index (χ4n) is 1.92. The molecule has 21 heavy (non-hydrogen) atoms. The highest BCUT2D eigenvalue weighted by molar-refractivity contribution is 9.10. The Morgan fingerprint density at radius 1 is 1.14 bits per heavy atom. The van der Waals surface area contributed by atoms with Gasteiger partial charge >= 0.3 is 0 Å². The van der Waals surface area contributed by atoms with Gasteiger partial charge in [-0.3, -0.25) is 0 Å². The molecule has 0 fully saturated rings. The molecule has 0 aliphatic carbocycles. The summed E-state index contributed by atoms with van der Waals surface area (Å²) >= 11 is 4.79. The molecule has 0 radical (unpaired) electrons. The first-order chi connectivity index (χ1) is 10.2. The predicted octanol–water partition coefficient (Wildman–Crippen LogP) is 5.32. The van der Waals surface area contributed by atoms with Gasteiger partial charge in [0.15, 0.2) is 0 Å². The Labute approximate surface area is 134 Å². The molecular formula is C16H12BrFN2S. The smallest absolute Gasteiger partial charge is 0.137 e. The fraction of sp³-hybridized carbons (Fsp3) is 0.0625. The number of hydrogen-bond donors (Lipinski definition) is 1. The molecule has 3 rings (SSSR count). The normalized spacial score (nSPS) is 10.6. The lowest BCUT2D eigenvalue weighted by Crippen LogP contribution is -1.99. The summed E-state index contributed by atoms with van der Waals surface area (Å²) in [4.78, 5) is 4.61. The van der Waals surface area contributed by atoms with Crippen LogP contribution in [0.1, 0.15) is 5.01 Å². The summed E-state index contributed by atoms with van der Waals surface area (Å²) in [5, 5.41) is 6.29. The summed E-state index contributed by atoms with van der Waals surface area (Å²) in [6.07, 6.45) is 0. The van der Waals surface area contributed by atoms with E-state index in [1.54, 1.807) is 23.5 Å². The quantitative estimate of drug-likeness (QED) is 0.678. The van der Waals surface area contributed by atoms with Gasteiger partial charge in [0.2, 0.25) is 0 Å². The SMILES string of the molecule is Fc1ccc(NCc2nc(-c3ccccc3)cs2)cc1Br. The van der Waals surface area contributed by atoms with Crippen molar-refractivity contribution in [3.63, 3.8) is 0 Å². The van der Waals surface area contributed by atoms with Gasteiger partial charge in [-0.15, -0.1) is 11.3 Å². The van der Waals surface area contributed by atoms with E-state index in [1.165, 1.54) is 6.07 Å². The van der Waals surface area contributed by atoms with Gasteiger partial charge in [0.1, 0.15) is 10.8 Å². The molecule has 5 heteroatoms. The Kier molecular flexibility index (Phi) is 4.31. The number of nitrogens with one attached hydrogen (secondary N) is 1. The van der Waals surface area contributed by atoms with Crippen LogP contribution >= 0.6 is 27.3 Å². The molecule has 0 aliphatic heterocycles. The Hall–Kier alpha value is -1.72. The standard InChI is InChI=1S/C16H12BrFN2S/c17-13-8-12(6-7-14(13)18)19-9-16-20-15(10-21-16)11-4-2-1-3-5-11/h1-8,10,19H,9H2. The Morgan fingerprint density at radius 2 is 1.95 bits per heavy atom. The van der Waals surface area contributed by atoms with Crippen molar-refractivity contribution in [2.45, 2.75) is 6.54 Å². The third-order valence-corrected chi connectivity index (χ3v) is 4.44. The van der Waals surface area contributed by atoms with E-state index in [4.69, 9.17) is 0 Å². The minimum Gasteiger partial charge on any atom is -0.378 e. The Balaban J connectivity index is 1.69. The van der Waals surface area contributed by atoms with E-state index < -0.39 is 0 Å². The lowest BCUT2D eigenvalue weighted by Gasteiger charge is -2.05. The van der Waals surface area contributed by atoms with Crippen LogP contribution in [0.4, 0.5) is 10.1 Å². The van der Waals surface area contributed by atoms with Crippen LogP contribution in [0, 0.1) is 5.82 Å². The first-order valence-corrected chi connectivity index (χ1v) is 8.08. The molecule has 2 nitrogen and oxygen atoms in total. The molecule has 106 valence electrons. The van der Waals surface area contributed by atoms with Crippen LogP contribution in [0.3, 0.4) is 0 Å². The average molecular weight is 363 g/mol. The molecule has 1 heterocycles. The Morgan fingerprint density at radius 3 is 2.71 bits per heavy atom. The van der Waals surface area contributed by atoms with Gasteiger partial charge in [-0.2, -0.15) is 0 Å². The second kappa shape index (κ2) is 6.37. The van der Waals surface area contributed by atoms with Gasteiger partial charge in [0.25, 0.3) is 0 Å². The van der Waals surface area contributed by atoms with Crippen LogP contribution in [-0.4, -0.2) is 4.98 Å². The van der Waals surface area contributed by atoms with Gasteiger partial charge in [-0.1, -0.05) is 30.3 Å². The molecule has 1 N–H and O–H groups in total. The van der Waals surface area contributed by atoms with Crippen LogP contribution in [-0.2, 0) is 6.54 Å². The minimum atomic E-state index is -0.263. The molecule has 0 saturated heterocycles. The lowest BCUT2D eigenvalue weighted by molar-refractivity contribution is 0.621. The van der Waals surface area contributed by atoms with Gasteiger partial charge in [0.05, 0.1) is 16.7 Å². The molecule has 0 bridgehead atoms. The number of halogens is 2. The number of anilines is 1. The van der Waals surface area contributed by atoms with Crippen molar-refractivity contribution in [3.05, 3.63) is 69.2 Å². The minimum absolute atomic E-state index is 0.263. The number of nitrogens with zero attached hydrogens (tertiary/aromatic N) is 1. The molecule has 0 spiro atoms. The van der Waals surface area contributed by atoms with Crippen molar-refractivity contribution in [1.82, 2.24) is 4.98 Å². The van der Waals surface area contributed by atoms with E-state index in [0.717, 1.165) is 22.0 Å². The first-order valence-electron chi connectivity index (χ1n) is 6.41. The third kappa shape index (κ3) is 3.49. The summed E-state index contributed by atoms with van der Waals surface area (Å²) in [6.45, 7) is 0.621. The van der Waals surface area contributed by atoms with Crippen molar-refractivity contribution in [2.75, 3.05) is 5.32 Å². The number of thiazole rings is 1. The van der Waals surface area contributed by atoms with E-state index in [2.05, 4.69) is 26.2 Å². The molecule has 2 aromatic carbocycles. The molecule has 0 amide bonds. The molecule has 0 unspecified atom stereocenters. The van der Waals surface area contributed by atoms with Crippen LogP contribution in [0.15, 0.2) is 58.4 Å². The summed E-state index contributed by atoms with van der Waals surface area (Å²) in [5.74, 6) is -0.263. The number of aromatic nitrogens is 1. The van der Waals surface area contributed by atoms with Gasteiger partial charge in [0, 0.05) is 16.6 Å². The van der Waals surface area contributed by atoms with Crippen LogP contribution in [0.25, 0.3) is 11.3 Å². The molecule has 0 aliphatic rings. The van der Waals surface area contributed by atoms with E-state index in [9.17, 15) is 4.39 Å². The summed E-state index contributed by atoms with van der Waals surface area (Å²) in [7, 11) is 0. The van der Waals surface area contributed by atoms with Crippen molar-refractivity contribution in [1.29, 1.82) is 0 Å². The van der Waals surface area contributed by atoms with Crippen molar-refractivity contribution >= 4 is 33.0 Å². The Bertz CT molecular complexity index is 743. The summed E-state index contributed by atoms with van der Waals surface area (Å²) < 4.78 is 13.6. The van der Waals surface area contributed by atoms with Crippen molar-refractivity contribution in [2.24, 2.45) is 0 Å². The zero-order valence-electron chi connectivity index (χ0n) is 11.0. The van der Waals surface area contributed by atoms with Crippen molar-refractivity contribution < 1.29 is 4.39 Å². The number of hydrogen-bond acceptors (Lipinski definition) is 3. The number of benzene rings is 2. The van der Waals surface area contributed by atoms with Gasteiger partial charge in [-0.25, -0.2) is 9.37 Å². The van der Waals surface area contributed by atoms with E-state index >= 15 is 0 Å². The maximum Gasteiger partial charge on any atom is 0.137 e. The maximum absolute atomic E-state index is 13.2. The van der Waals surface area contributed by atoms with E-state index in [0.29, 0.717) is 11.0 Å². The third-order valence-electron chi connectivity index (χ3n) is 2.98. The fourth-order valence-corrected chi connectivity index (χ4v) is 3.04. The van der Waals surface area contributed by atoms with Crippen LogP contribution in [0.2, 0.25) is 0 Å². The highest BCUT2D eigenvalue weighted by atomic mass is 79.9. The first kappa shape index (κ1) is 14.2. The highest BCUT2D eigenvalue weighted by Gasteiger charge is 2.05. The second-order valence-electron chi connectivity index (χ2n) is 4.47. The van der Waals surface area contributed by atoms with Crippen molar-refractivity contribution in [3.8, 4) is 11.3 Å². The topological polar surface area (TPSA) is 24.9 Å². The van der Waals surface area contributed by atoms with E-state index in [1.807, 2.05) is 35.7 Å². The summed E-state index contributed by atoms with van der Waals surface area (Å²) in [5.41, 5.74) is 2.96.